The fraction of sp³-hybridized carbons (Fsp3) is 0.250. The SMILES string of the molecule is CSc1ccccc1-n1cc(CC(N)C(=O)O)nn1. The fourth-order valence-corrected chi connectivity index (χ4v) is 2.23. The first kappa shape index (κ1) is 13.6. The first-order valence-corrected chi connectivity index (χ1v) is 6.87. The van der Waals surface area contributed by atoms with Crippen molar-refractivity contribution in [2.75, 3.05) is 6.26 Å². The van der Waals surface area contributed by atoms with E-state index in [0.29, 0.717) is 5.69 Å². The molecule has 2 rings (SSSR count). The number of nitrogens with two attached hydrogens (primary N) is 1. The first-order valence-electron chi connectivity index (χ1n) is 5.65. The number of carbonyl (C=O) groups is 1. The average molecular weight is 278 g/mol. The topological polar surface area (TPSA) is 94.0 Å². The Morgan fingerprint density at radius 1 is 1.53 bits per heavy atom. The van der Waals surface area contributed by atoms with Gasteiger partial charge in [0.1, 0.15) is 6.04 Å². The van der Waals surface area contributed by atoms with Gasteiger partial charge in [0.05, 0.1) is 17.6 Å². The monoisotopic (exact) mass is 278 g/mol. The molecule has 2 aromatic rings. The van der Waals surface area contributed by atoms with Crippen LogP contribution in [0.25, 0.3) is 5.69 Å². The Labute approximate surface area is 114 Å². The van der Waals surface area contributed by atoms with Gasteiger partial charge in [0, 0.05) is 11.3 Å². The third-order valence-corrected chi connectivity index (χ3v) is 3.40. The number of thioether (sulfide) groups is 1. The van der Waals surface area contributed by atoms with Crippen LogP contribution in [-0.4, -0.2) is 38.4 Å². The Kier molecular flexibility index (Phi) is 4.18. The van der Waals surface area contributed by atoms with E-state index in [4.69, 9.17) is 10.8 Å². The zero-order valence-electron chi connectivity index (χ0n) is 10.4. The van der Waals surface area contributed by atoms with Crippen LogP contribution in [0.5, 0.6) is 0 Å². The number of hydrogen-bond donors (Lipinski definition) is 2. The summed E-state index contributed by atoms with van der Waals surface area (Å²) in [7, 11) is 0. The minimum Gasteiger partial charge on any atom is -0.480 e. The van der Waals surface area contributed by atoms with Crippen LogP contribution >= 0.6 is 11.8 Å². The fourth-order valence-electron chi connectivity index (χ4n) is 1.64. The summed E-state index contributed by atoms with van der Waals surface area (Å²) < 4.78 is 1.63. The van der Waals surface area contributed by atoms with Gasteiger partial charge in [-0.05, 0) is 18.4 Å². The molecule has 1 unspecified atom stereocenters. The summed E-state index contributed by atoms with van der Waals surface area (Å²) >= 11 is 1.61. The molecule has 0 saturated carbocycles. The molecule has 0 amide bonds. The average Bonchev–Trinajstić information content (AvgIpc) is 2.86. The van der Waals surface area contributed by atoms with E-state index in [1.807, 2.05) is 30.5 Å². The van der Waals surface area contributed by atoms with Gasteiger partial charge in [0.15, 0.2) is 0 Å². The number of rotatable bonds is 5. The van der Waals surface area contributed by atoms with Gasteiger partial charge in [0.25, 0.3) is 0 Å². The maximum Gasteiger partial charge on any atom is 0.320 e. The number of carboxylic acids is 1. The molecule has 0 aliphatic rings. The number of benzene rings is 1. The molecule has 1 aromatic carbocycles. The Hall–Kier alpha value is -1.86. The van der Waals surface area contributed by atoms with Crippen molar-refractivity contribution < 1.29 is 9.90 Å². The van der Waals surface area contributed by atoms with Crippen LogP contribution in [0.2, 0.25) is 0 Å². The van der Waals surface area contributed by atoms with Crippen LogP contribution in [0.1, 0.15) is 5.69 Å². The molecular formula is C12H14N4O2S. The zero-order chi connectivity index (χ0) is 13.8. The second-order valence-corrected chi connectivity index (χ2v) is 4.82. The summed E-state index contributed by atoms with van der Waals surface area (Å²) in [5.41, 5.74) is 6.95. The Balaban J connectivity index is 2.23. The number of nitrogens with zero attached hydrogens (tertiary/aromatic N) is 3. The van der Waals surface area contributed by atoms with Crippen molar-refractivity contribution in [3.8, 4) is 5.69 Å². The lowest BCUT2D eigenvalue weighted by atomic mass is 10.2. The summed E-state index contributed by atoms with van der Waals surface area (Å²) in [6, 6.07) is 6.83. The molecule has 0 spiro atoms. The van der Waals surface area contributed by atoms with Crippen LogP contribution in [0.15, 0.2) is 35.4 Å². The van der Waals surface area contributed by atoms with E-state index >= 15 is 0 Å². The largest absolute Gasteiger partial charge is 0.480 e. The van der Waals surface area contributed by atoms with Crippen molar-refractivity contribution in [1.29, 1.82) is 0 Å². The number of carboxylic acid groups (broad SMARTS) is 1. The van der Waals surface area contributed by atoms with Crippen molar-refractivity contribution >= 4 is 17.7 Å². The molecule has 6 nitrogen and oxygen atoms in total. The van der Waals surface area contributed by atoms with Gasteiger partial charge in [-0.2, -0.15) is 0 Å². The summed E-state index contributed by atoms with van der Waals surface area (Å²) in [4.78, 5) is 11.8. The molecule has 0 saturated heterocycles. The smallest absolute Gasteiger partial charge is 0.320 e. The van der Waals surface area contributed by atoms with Gasteiger partial charge in [-0.25, -0.2) is 4.68 Å². The highest BCUT2D eigenvalue weighted by molar-refractivity contribution is 7.98. The Morgan fingerprint density at radius 2 is 2.26 bits per heavy atom. The lowest BCUT2D eigenvalue weighted by Crippen LogP contribution is -2.32. The minimum atomic E-state index is -1.04. The number of hydrogen-bond acceptors (Lipinski definition) is 5. The highest BCUT2D eigenvalue weighted by Crippen LogP contribution is 2.22. The maximum absolute atomic E-state index is 10.7. The molecule has 0 radical (unpaired) electrons. The summed E-state index contributed by atoms with van der Waals surface area (Å²) in [5, 5.41) is 16.7. The van der Waals surface area contributed by atoms with E-state index in [1.54, 1.807) is 22.6 Å². The van der Waals surface area contributed by atoms with Crippen molar-refractivity contribution in [1.82, 2.24) is 15.0 Å². The molecule has 19 heavy (non-hydrogen) atoms. The predicted molar refractivity (Wildman–Crippen MR) is 72.5 cm³/mol. The van der Waals surface area contributed by atoms with E-state index < -0.39 is 12.0 Å². The molecule has 0 bridgehead atoms. The lowest BCUT2D eigenvalue weighted by Gasteiger charge is -2.05. The van der Waals surface area contributed by atoms with Crippen molar-refractivity contribution in [3.63, 3.8) is 0 Å². The van der Waals surface area contributed by atoms with Gasteiger partial charge in [-0.1, -0.05) is 17.3 Å². The van der Waals surface area contributed by atoms with E-state index in [9.17, 15) is 4.79 Å². The number of para-hydroxylation sites is 1. The highest BCUT2D eigenvalue weighted by atomic mass is 32.2. The van der Waals surface area contributed by atoms with E-state index in [-0.39, 0.29) is 6.42 Å². The lowest BCUT2D eigenvalue weighted by molar-refractivity contribution is -0.138. The second kappa shape index (κ2) is 5.85. The van der Waals surface area contributed by atoms with Crippen LogP contribution in [0, 0.1) is 0 Å². The quantitative estimate of drug-likeness (QED) is 0.791. The zero-order valence-corrected chi connectivity index (χ0v) is 11.2. The van der Waals surface area contributed by atoms with Crippen molar-refractivity contribution in [2.24, 2.45) is 5.73 Å². The van der Waals surface area contributed by atoms with Crippen LogP contribution in [-0.2, 0) is 11.2 Å². The van der Waals surface area contributed by atoms with Gasteiger partial charge in [-0.15, -0.1) is 16.9 Å². The highest BCUT2D eigenvalue weighted by Gasteiger charge is 2.15. The third-order valence-electron chi connectivity index (χ3n) is 2.62. The molecular weight excluding hydrogens is 264 g/mol. The van der Waals surface area contributed by atoms with E-state index in [1.165, 1.54) is 0 Å². The molecule has 0 aliphatic carbocycles. The van der Waals surface area contributed by atoms with Gasteiger partial charge in [0.2, 0.25) is 0 Å². The molecule has 0 fully saturated rings. The minimum absolute atomic E-state index is 0.163. The third kappa shape index (κ3) is 3.12. The van der Waals surface area contributed by atoms with Gasteiger partial charge < -0.3 is 10.8 Å². The molecule has 100 valence electrons. The molecule has 1 aromatic heterocycles. The van der Waals surface area contributed by atoms with Crippen LogP contribution in [0.3, 0.4) is 0 Å². The summed E-state index contributed by atoms with van der Waals surface area (Å²) in [6.45, 7) is 0. The normalized spacial score (nSPS) is 12.3. The molecule has 0 aliphatic heterocycles. The van der Waals surface area contributed by atoms with Crippen molar-refractivity contribution in [3.05, 3.63) is 36.2 Å². The maximum atomic E-state index is 10.7. The summed E-state index contributed by atoms with van der Waals surface area (Å²) in [5.74, 6) is -1.04. The first-order chi connectivity index (χ1) is 9.11. The molecule has 7 heteroatoms. The standard InChI is InChI=1S/C12H14N4O2S/c1-19-11-5-3-2-4-10(11)16-7-8(14-15-16)6-9(13)12(17)18/h2-5,7,9H,6,13H2,1H3,(H,17,18). The van der Waals surface area contributed by atoms with Crippen LogP contribution < -0.4 is 5.73 Å². The molecule has 1 atom stereocenters. The molecule has 3 N–H and O–H groups in total. The van der Waals surface area contributed by atoms with Crippen LogP contribution in [0.4, 0.5) is 0 Å². The van der Waals surface area contributed by atoms with Gasteiger partial charge >= 0.3 is 5.97 Å². The summed E-state index contributed by atoms with van der Waals surface area (Å²) in [6.07, 6.45) is 3.85. The number of aromatic nitrogens is 3. The van der Waals surface area contributed by atoms with E-state index in [0.717, 1.165) is 10.6 Å². The predicted octanol–water partition coefficient (Wildman–Crippen LogP) is 0.944. The number of aliphatic carboxylic acids is 1. The Bertz CT molecular complexity index is 585. The van der Waals surface area contributed by atoms with E-state index in [2.05, 4.69) is 10.3 Å². The van der Waals surface area contributed by atoms with Gasteiger partial charge in [-0.3, -0.25) is 4.79 Å². The second-order valence-electron chi connectivity index (χ2n) is 3.98. The Morgan fingerprint density at radius 3 is 2.95 bits per heavy atom. The van der Waals surface area contributed by atoms with Crippen molar-refractivity contribution in [2.45, 2.75) is 17.4 Å². The molecule has 1 heterocycles.